The summed E-state index contributed by atoms with van der Waals surface area (Å²) in [5.41, 5.74) is 0.287. The molecule has 1 atom stereocenters. The first-order chi connectivity index (χ1) is 9.06. The summed E-state index contributed by atoms with van der Waals surface area (Å²) >= 11 is 0. The largest absolute Gasteiger partial charge is 0.278 e. The second-order valence-electron chi connectivity index (χ2n) is 4.14. The zero-order valence-electron chi connectivity index (χ0n) is 10.2. The highest BCUT2D eigenvalue weighted by molar-refractivity contribution is 6.22. The Hall–Kier alpha value is -2.50. The molecule has 6 nitrogen and oxygen atoms in total. The monoisotopic (exact) mass is 260 g/mol. The van der Waals surface area contributed by atoms with E-state index in [2.05, 4.69) is 13.2 Å². The molecular weight excluding hydrogens is 248 g/mol. The van der Waals surface area contributed by atoms with E-state index in [1.807, 2.05) is 0 Å². The number of carbonyl (C=O) groups excluding carboxylic acids is 4. The Kier molecular flexibility index (Phi) is 3.16. The summed E-state index contributed by atoms with van der Waals surface area (Å²) in [7, 11) is 0. The van der Waals surface area contributed by atoms with Gasteiger partial charge in [0, 0.05) is 6.42 Å². The molecule has 2 aliphatic rings. The topological polar surface area (TPSA) is 74.8 Å². The maximum atomic E-state index is 12.1. The molecule has 0 radical (unpaired) electrons. The van der Waals surface area contributed by atoms with Crippen LogP contribution in [0.1, 0.15) is 12.8 Å². The van der Waals surface area contributed by atoms with Crippen LogP contribution in [0.15, 0.2) is 36.5 Å². The van der Waals surface area contributed by atoms with Gasteiger partial charge in [0.2, 0.25) is 12.3 Å². The van der Waals surface area contributed by atoms with Gasteiger partial charge < -0.3 is 0 Å². The van der Waals surface area contributed by atoms with Crippen molar-refractivity contribution < 1.29 is 19.2 Å². The summed E-state index contributed by atoms with van der Waals surface area (Å²) in [5.74, 6) is -1.50. The Morgan fingerprint density at radius 2 is 1.58 bits per heavy atom. The number of hydrogen-bond acceptors (Lipinski definition) is 4. The van der Waals surface area contributed by atoms with Gasteiger partial charge in [-0.2, -0.15) is 0 Å². The minimum Gasteiger partial charge on any atom is -0.278 e. The van der Waals surface area contributed by atoms with Crippen LogP contribution < -0.4 is 0 Å². The third-order valence-corrected chi connectivity index (χ3v) is 3.23. The molecule has 0 spiro atoms. The van der Waals surface area contributed by atoms with Crippen LogP contribution in [0.4, 0.5) is 0 Å². The lowest BCUT2D eigenvalue weighted by molar-refractivity contribution is -0.148. The van der Waals surface area contributed by atoms with Crippen LogP contribution >= 0.6 is 0 Å². The van der Waals surface area contributed by atoms with Gasteiger partial charge in [-0.05, 0) is 6.42 Å². The van der Waals surface area contributed by atoms with Crippen LogP contribution in [0, 0.1) is 0 Å². The van der Waals surface area contributed by atoms with E-state index in [0.717, 1.165) is 9.80 Å². The first-order valence-electron chi connectivity index (χ1n) is 5.70. The van der Waals surface area contributed by atoms with Gasteiger partial charge in [-0.15, -0.1) is 0 Å². The average molecular weight is 260 g/mol. The molecule has 1 unspecified atom stereocenters. The predicted molar refractivity (Wildman–Crippen MR) is 65.2 cm³/mol. The van der Waals surface area contributed by atoms with Crippen LogP contribution in [-0.2, 0) is 19.2 Å². The molecule has 0 saturated carbocycles. The number of nitrogens with zero attached hydrogens (tertiary/aromatic N) is 2. The lowest BCUT2D eigenvalue weighted by Gasteiger charge is -2.27. The molecule has 4 amide bonds. The number of likely N-dealkylation sites (tertiary alicyclic amines) is 1. The fourth-order valence-corrected chi connectivity index (χ4v) is 2.32. The fraction of sp³-hybridized carbons (Fsp3) is 0.231. The first kappa shape index (κ1) is 12.9. The summed E-state index contributed by atoms with van der Waals surface area (Å²) < 4.78 is 0. The molecule has 2 aliphatic heterocycles. The molecule has 1 fully saturated rings. The summed E-state index contributed by atoms with van der Waals surface area (Å²) in [4.78, 5) is 48.5. The first-order valence-corrected chi connectivity index (χ1v) is 5.70. The number of imide groups is 2. The Bertz CT molecular complexity index is 517. The van der Waals surface area contributed by atoms with Crippen LogP contribution in [0.5, 0.6) is 0 Å². The number of rotatable bonds is 4. The molecule has 6 heteroatoms. The van der Waals surface area contributed by atoms with Crippen molar-refractivity contribution in [2.45, 2.75) is 19.0 Å². The van der Waals surface area contributed by atoms with Crippen molar-refractivity contribution >= 4 is 24.1 Å². The molecule has 2 heterocycles. The fourth-order valence-electron chi connectivity index (χ4n) is 2.32. The third kappa shape index (κ3) is 1.72. The van der Waals surface area contributed by atoms with Gasteiger partial charge in [0.05, 0.1) is 11.1 Å². The van der Waals surface area contributed by atoms with Crippen molar-refractivity contribution in [3.63, 3.8) is 0 Å². The van der Waals surface area contributed by atoms with E-state index in [1.54, 1.807) is 0 Å². The van der Waals surface area contributed by atoms with Crippen molar-refractivity contribution in [3.8, 4) is 0 Å². The SMILES string of the molecule is C=CC1=C(C=C)C(=O)N(C2CCC(=O)N2C=O)C1=O. The van der Waals surface area contributed by atoms with Crippen LogP contribution in [0.2, 0.25) is 0 Å². The van der Waals surface area contributed by atoms with Crippen molar-refractivity contribution in [1.82, 2.24) is 9.80 Å². The van der Waals surface area contributed by atoms with E-state index in [9.17, 15) is 19.2 Å². The molecule has 0 aromatic heterocycles. The number of carbonyl (C=O) groups is 4. The van der Waals surface area contributed by atoms with Gasteiger partial charge >= 0.3 is 0 Å². The molecule has 0 aromatic rings. The molecule has 0 bridgehead atoms. The zero-order valence-corrected chi connectivity index (χ0v) is 10.2. The van der Waals surface area contributed by atoms with Crippen LogP contribution in [-0.4, -0.2) is 40.1 Å². The second kappa shape index (κ2) is 4.64. The van der Waals surface area contributed by atoms with Gasteiger partial charge in [0.15, 0.2) is 0 Å². The molecule has 0 aromatic carbocycles. The Morgan fingerprint density at radius 3 is 2.00 bits per heavy atom. The Morgan fingerprint density at radius 1 is 1.05 bits per heavy atom. The smallest absolute Gasteiger partial charge is 0.263 e. The minimum atomic E-state index is -0.850. The lowest BCUT2D eigenvalue weighted by atomic mass is 10.1. The van der Waals surface area contributed by atoms with E-state index in [4.69, 9.17) is 0 Å². The van der Waals surface area contributed by atoms with Gasteiger partial charge in [0.25, 0.3) is 11.8 Å². The quantitative estimate of drug-likeness (QED) is 0.532. The van der Waals surface area contributed by atoms with Gasteiger partial charge in [-0.1, -0.05) is 25.3 Å². The molecular formula is C13H12N2O4. The molecule has 0 N–H and O–H groups in total. The van der Waals surface area contributed by atoms with Gasteiger partial charge in [0.1, 0.15) is 6.17 Å². The zero-order chi connectivity index (χ0) is 14.2. The van der Waals surface area contributed by atoms with E-state index in [-0.39, 0.29) is 24.0 Å². The predicted octanol–water partition coefficient (Wildman–Crippen LogP) is 0.129. The van der Waals surface area contributed by atoms with Crippen molar-refractivity contribution in [2.24, 2.45) is 0 Å². The molecule has 0 aliphatic carbocycles. The highest BCUT2D eigenvalue weighted by atomic mass is 16.2. The number of amides is 4. The molecule has 19 heavy (non-hydrogen) atoms. The van der Waals surface area contributed by atoms with Crippen LogP contribution in [0.3, 0.4) is 0 Å². The highest BCUT2D eigenvalue weighted by Gasteiger charge is 2.45. The molecule has 2 rings (SSSR count). The van der Waals surface area contributed by atoms with Crippen molar-refractivity contribution in [3.05, 3.63) is 36.5 Å². The van der Waals surface area contributed by atoms with E-state index >= 15 is 0 Å². The summed E-state index contributed by atoms with van der Waals surface area (Å²) in [5, 5.41) is 0. The maximum Gasteiger partial charge on any atom is 0.263 e. The maximum absolute atomic E-state index is 12.1. The molecule has 1 saturated heterocycles. The summed E-state index contributed by atoms with van der Waals surface area (Å²) in [6, 6.07) is 0. The van der Waals surface area contributed by atoms with E-state index < -0.39 is 23.9 Å². The standard InChI is InChI=1S/C13H12N2O4/c1-3-8-9(4-2)13(19)15(12(8)18)10-5-6-11(17)14(10)7-16/h3-4,7,10H,1-2,5-6H2. The number of hydrogen-bond donors (Lipinski definition) is 0. The van der Waals surface area contributed by atoms with E-state index in [0.29, 0.717) is 6.41 Å². The summed E-state index contributed by atoms with van der Waals surface area (Å²) in [6.07, 6.45) is 2.44. The van der Waals surface area contributed by atoms with E-state index in [1.165, 1.54) is 12.2 Å². The molecule has 98 valence electrons. The Balaban J connectivity index is 2.39. The van der Waals surface area contributed by atoms with Crippen LogP contribution in [0.25, 0.3) is 0 Å². The normalized spacial score (nSPS) is 23.4. The average Bonchev–Trinajstić information content (AvgIpc) is 2.86. The Labute approximate surface area is 109 Å². The highest BCUT2D eigenvalue weighted by Crippen LogP contribution is 2.29. The summed E-state index contributed by atoms with van der Waals surface area (Å²) in [6.45, 7) is 6.97. The van der Waals surface area contributed by atoms with Gasteiger partial charge in [-0.3, -0.25) is 29.0 Å². The van der Waals surface area contributed by atoms with Crippen molar-refractivity contribution in [1.29, 1.82) is 0 Å². The van der Waals surface area contributed by atoms with Crippen molar-refractivity contribution in [2.75, 3.05) is 0 Å². The third-order valence-electron chi connectivity index (χ3n) is 3.23. The second-order valence-corrected chi connectivity index (χ2v) is 4.14. The minimum absolute atomic E-state index is 0.132. The lowest BCUT2D eigenvalue weighted by Crippen LogP contribution is -2.49. The van der Waals surface area contributed by atoms with Gasteiger partial charge in [-0.25, -0.2) is 0 Å².